The van der Waals surface area contributed by atoms with Crippen molar-refractivity contribution in [3.05, 3.63) is 64.0 Å². The smallest absolute Gasteiger partial charge is 0.217 e. The van der Waals surface area contributed by atoms with Crippen molar-refractivity contribution in [3.8, 4) is 0 Å². The van der Waals surface area contributed by atoms with Crippen molar-refractivity contribution >= 4 is 27.0 Å². The molecule has 0 spiro atoms. The quantitative estimate of drug-likeness (QED) is 0.737. The Hall–Kier alpha value is -1.65. The van der Waals surface area contributed by atoms with Gasteiger partial charge in [0.25, 0.3) is 0 Å². The summed E-state index contributed by atoms with van der Waals surface area (Å²) in [5.41, 5.74) is 4.36. The molecule has 0 radical (unpaired) electrons. The first-order valence-corrected chi connectivity index (χ1v) is 7.48. The fourth-order valence-electron chi connectivity index (χ4n) is 2.77. The van der Waals surface area contributed by atoms with Gasteiger partial charge in [-0.25, -0.2) is 4.98 Å². The lowest BCUT2D eigenvalue weighted by Crippen LogP contribution is -2.30. The molecule has 2 heterocycles. The number of fused-ring (bicyclic) bond motifs is 2. The number of nitrogens with zero attached hydrogens (tertiary/aromatic N) is 1. The molecule has 0 saturated carbocycles. The monoisotopic (exact) mass is 328 g/mol. The number of benzene rings is 2. The van der Waals surface area contributed by atoms with Crippen LogP contribution in [0.1, 0.15) is 23.1 Å². The van der Waals surface area contributed by atoms with Gasteiger partial charge in [0.1, 0.15) is 11.6 Å². The summed E-state index contributed by atoms with van der Waals surface area (Å²) in [4.78, 5) is 4.64. The lowest BCUT2D eigenvalue weighted by Gasteiger charge is -2.24. The van der Waals surface area contributed by atoms with E-state index in [0.717, 1.165) is 34.4 Å². The molecular weight excluding hydrogens is 316 g/mol. The van der Waals surface area contributed by atoms with Crippen LogP contribution in [0.5, 0.6) is 0 Å². The molecule has 1 aromatic heterocycles. The maximum absolute atomic E-state index is 5.92. The highest BCUT2D eigenvalue weighted by molar-refractivity contribution is 9.10. The van der Waals surface area contributed by atoms with E-state index in [4.69, 9.17) is 4.42 Å². The largest absolute Gasteiger partial charge is 0.439 e. The van der Waals surface area contributed by atoms with Gasteiger partial charge in [-0.1, -0.05) is 40.2 Å². The minimum atomic E-state index is 0.0473. The third kappa shape index (κ3) is 1.96. The Morgan fingerprint density at radius 2 is 2.10 bits per heavy atom. The summed E-state index contributed by atoms with van der Waals surface area (Å²) >= 11 is 3.47. The number of hydrogen-bond donors (Lipinski definition) is 1. The molecular formula is C16H13BrN2O. The molecule has 4 rings (SSSR count). The lowest BCUT2D eigenvalue weighted by atomic mass is 9.94. The topological polar surface area (TPSA) is 38.1 Å². The lowest BCUT2D eigenvalue weighted by molar-refractivity contribution is 0.439. The number of aromatic nitrogens is 1. The van der Waals surface area contributed by atoms with E-state index in [2.05, 4.69) is 50.5 Å². The Morgan fingerprint density at radius 3 is 3.05 bits per heavy atom. The zero-order chi connectivity index (χ0) is 13.5. The molecule has 0 saturated heterocycles. The highest BCUT2D eigenvalue weighted by Gasteiger charge is 2.25. The van der Waals surface area contributed by atoms with E-state index in [1.807, 2.05) is 18.2 Å². The number of rotatable bonds is 1. The van der Waals surface area contributed by atoms with Gasteiger partial charge >= 0.3 is 0 Å². The van der Waals surface area contributed by atoms with E-state index in [9.17, 15) is 0 Å². The summed E-state index contributed by atoms with van der Waals surface area (Å²) < 4.78 is 6.94. The zero-order valence-corrected chi connectivity index (χ0v) is 12.4. The summed E-state index contributed by atoms with van der Waals surface area (Å²) in [7, 11) is 0. The highest BCUT2D eigenvalue weighted by Crippen LogP contribution is 2.30. The van der Waals surface area contributed by atoms with E-state index in [1.54, 1.807) is 0 Å². The van der Waals surface area contributed by atoms with Gasteiger partial charge in [-0.15, -0.1) is 0 Å². The van der Waals surface area contributed by atoms with Crippen molar-refractivity contribution in [1.82, 2.24) is 10.3 Å². The Balaban J connectivity index is 1.84. The van der Waals surface area contributed by atoms with Crippen LogP contribution in [-0.4, -0.2) is 11.5 Å². The van der Waals surface area contributed by atoms with Gasteiger partial charge in [0.15, 0.2) is 5.58 Å². The van der Waals surface area contributed by atoms with Crippen LogP contribution in [0.25, 0.3) is 11.1 Å². The predicted octanol–water partition coefficient (Wildman–Crippen LogP) is 3.83. The molecule has 0 aliphatic carbocycles. The molecule has 0 fully saturated rings. The Bertz CT molecular complexity index is 781. The maximum Gasteiger partial charge on any atom is 0.217 e. The summed E-state index contributed by atoms with van der Waals surface area (Å²) in [6.07, 6.45) is 1.05. The molecule has 1 atom stereocenters. The number of oxazole rings is 1. The maximum atomic E-state index is 5.92. The van der Waals surface area contributed by atoms with Crippen LogP contribution < -0.4 is 5.32 Å². The molecule has 0 bridgehead atoms. The number of nitrogens with one attached hydrogen (secondary N) is 1. The summed E-state index contributed by atoms with van der Waals surface area (Å²) in [5.74, 6) is 0.741. The molecule has 0 amide bonds. The van der Waals surface area contributed by atoms with Crippen LogP contribution in [0.4, 0.5) is 0 Å². The van der Waals surface area contributed by atoms with Crippen molar-refractivity contribution < 1.29 is 4.42 Å². The van der Waals surface area contributed by atoms with E-state index < -0.39 is 0 Å². The molecule has 1 N–H and O–H groups in total. The van der Waals surface area contributed by atoms with Crippen LogP contribution in [-0.2, 0) is 6.42 Å². The normalized spacial score (nSPS) is 18.1. The van der Waals surface area contributed by atoms with Gasteiger partial charge in [-0.2, -0.15) is 0 Å². The Morgan fingerprint density at radius 1 is 1.20 bits per heavy atom. The Kier molecular flexibility index (Phi) is 2.86. The molecule has 100 valence electrons. The van der Waals surface area contributed by atoms with E-state index in [1.165, 1.54) is 11.1 Å². The second kappa shape index (κ2) is 4.72. The van der Waals surface area contributed by atoms with Crippen molar-refractivity contribution in [2.75, 3.05) is 6.54 Å². The predicted molar refractivity (Wildman–Crippen MR) is 81.7 cm³/mol. The average Bonchev–Trinajstić information content (AvgIpc) is 2.89. The molecule has 3 aromatic rings. The fourth-order valence-corrected chi connectivity index (χ4v) is 3.12. The van der Waals surface area contributed by atoms with Gasteiger partial charge in [0.05, 0.1) is 0 Å². The first kappa shape index (κ1) is 12.1. The van der Waals surface area contributed by atoms with Gasteiger partial charge < -0.3 is 9.73 Å². The molecule has 3 nitrogen and oxygen atoms in total. The minimum absolute atomic E-state index is 0.0473. The van der Waals surface area contributed by atoms with Crippen LogP contribution in [0.3, 0.4) is 0 Å². The van der Waals surface area contributed by atoms with Gasteiger partial charge in [-0.05, 0) is 35.7 Å². The van der Waals surface area contributed by atoms with Gasteiger partial charge in [0.2, 0.25) is 5.89 Å². The fraction of sp³-hybridized carbons (Fsp3) is 0.188. The van der Waals surface area contributed by atoms with Crippen molar-refractivity contribution in [1.29, 1.82) is 0 Å². The third-order valence-electron chi connectivity index (χ3n) is 3.72. The van der Waals surface area contributed by atoms with Crippen molar-refractivity contribution in [2.45, 2.75) is 12.5 Å². The van der Waals surface area contributed by atoms with Crippen LogP contribution >= 0.6 is 15.9 Å². The molecule has 1 aliphatic rings. The number of hydrogen-bond acceptors (Lipinski definition) is 3. The second-order valence-corrected chi connectivity index (χ2v) is 5.92. The number of halogens is 1. The summed E-state index contributed by atoms with van der Waals surface area (Å²) in [5, 5.41) is 3.50. The second-order valence-electron chi connectivity index (χ2n) is 5.00. The average molecular weight is 329 g/mol. The molecule has 4 heteroatoms. The first-order valence-electron chi connectivity index (χ1n) is 6.68. The van der Waals surface area contributed by atoms with Gasteiger partial charge in [0, 0.05) is 11.0 Å². The molecule has 20 heavy (non-hydrogen) atoms. The zero-order valence-electron chi connectivity index (χ0n) is 10.8. The minimum Gasteiger partial charge on any atom is -0.439 e. The third-order valence-corrected chi connectivity index (χ3v) is 4.22. The molecule has 1 aliphatic heterocycles. The SMILES string of the molecule is Brc1ccc2oc(C3NCCc4ccccc43)nc2c1. The van der Waals surface area contributed by atoms with Crippen molar-refractivity contribution in [2.24, 2.45) is 0 Å². The highest BCUT2D eigenvalue weighted by atomic mass is 79.9. The van der Waals surface area contributed by atoms with Crippen molar-refractivity contribution in [3.63, 3.8) is 0 Å². The van der Waals surface area contributed by atoms with Crippen LogP contribution in [0.2, 0.25) is 0 Å². The van der Waals surface area contributed by atoms with E-state index >= 15 is 0 Å². The van der Waals surface area contributed by atoms with E-state index in [-0.39, 0.29) is 6.04 Å². The van der Waals surface area contributed by atoms with Gasteiger partial charge in [-0.3, -0.25) is 0 Å². The Labute approximate surface area is 125 Å². The van der Waals surface area contributed by atoms with Crippen LogP contribution in [0, 0.1) is 0 Å². The van der Waals surface area contributed by atoms with Crippen LogP contribution in [0.15, 0.2) is 51.4 Å². The molecule has 2 aromatic carbocycles. The summed E-state index contributed by atoms with van der Waals surface area (Å²) in [6.45, 7) is 0.949. The molecule has 1 unspecified atom stereocenters. The van der Waals surface area contributed by atoms with E-state index in [0.29, 0.717) is 0 Å². The first-order chi connectivity index (χ1) is 9.81. The summed E-state index contributed by atoms with van der Waals surface area (Å²) in [6, 6.07) is 14.4. The standard InChI is InChI=1S/C16H13BrN2O/c17-11-5-6-14-13(9-11)19-16(20-14)15-12-4-2-1-3-10(12)7-8-18-15/h1-6,9,15,18H,7-8H2.